The summed E-state index contributed by atoms with van der Waals surface area (Å²) in [4.78, 5) is 7.58. The minimum atomic E-state index is -0.723. The van der Waals surface area contributed by atoms with E-state index in [4.69, 9.17) is 10.5 Å². The third-order valence-electron chi connectivity index (χ3n) is 1.99. The summed E-state index contributed by atoms with van der Waals surface area (Å²) >= 11 is 0. The van der Waals surface area contributed by atoms with E-state index in [0.717, 1.165) is 18.2 Å². The van der Waals surface area contributed by atoms with Gasteiger partial charge in [-0.05, 0) is 6.92 Å². The van der Waals surface area contributed by atoms with E-state index in [0.29, 0.717) is 5.56 Å². The molecule has 0 radical (unpaired) electrons. The van der Waals surface area contributed by atoms with E-state index >= 15 is 0 Å². The predicted octanol–water partition coefficient (Wildman–Crippen LogP) is 2.44. The van der Waals surface area contributed by atoms with Crippen LogP contribution in [-0.2, 0) is 0 Å². The van der Waals surface area contributed by atoms with Gasteiger partial charge >= 0.3 is 0 Å². The van der Waals surface area contributed by atoms with E-state index in [1.807, 2.05) is 0 Å². The van der Waals surface area contributed by atoms with Crippen LogP contribution in [0, 0.1) is 18.6 Å². The van der Waals surface area contributed by atoms with E-state index in [-0.39, 0.29) is 17.6 Å². The molecule has 0 spiro atoms. The highest BCUT2D eigenvalue weighted by Gasteiger charge is 2.07. The number of benzene rings is 1. The zero-order valence-electron chi connectivity index (χ0n) is 8.95. The number of aryl methyl sites for hydroxylation is 1. The number of nitrogens with two attached hydrogens (primary N) is 1. The van der Waals surface area contributed by atoms with Gasteiger partial charge in [-0.1, -0.05) is 0 Å². The molecule has 1 aromatic heterocycles. The Morgan fingerprint density at radius 1 is 1.18 bits per heavy atom. The number of ether oxygens (including phenoxy) is 1. The number of hydrogen-bond acceptors (Lipinski definition) is 4. The summed E-state index contributed by atoms with van der Waals surface area (Å²) in [6.07, 6.45) is 1.47. The van der Waals surface area contributed by atoms with E-state index in [1.165, 1.54) is 6.20 Å². The lowest BCUT2D eigenvalue weighted by molar-refractivity contribution is 0.447. The molecule has 6 heteroatoms. The summed E-state index contributed by atoms with van der Waals surface area (Å²) in [6.45, 7) is 1.70. The Labute approximate surface area is 96.1 Å². The van der Waals surface area contributed by atoms with Crippen molar-refractivity contribution in [2.75, 3.05) is 5.73 Å². The third-order valence-corrected chi connectivity index (χ3v) is 1.99. The monoisotopic (exact) mass is 237 g/mol. The van der Waals surface area contributed by atoms with Gasteiger partial charge in [-0.25, -0.2) is 13.8 Å². The second-order valence-corrected chi connectivity index (χ2v) is 3.42. The molecule has 0 atom stereocenters. The lowest BCUT2D eigenvalue weighted by Gasteiger charge is -2.07. The molecule has 2 aromatic rings. The number of anilines is 1. The molecule has 2 N–H and O–H groups in total. The number of rotatable bonds is 2. The average molecular weight is 237 g/mol. The fraction of sp³-hybridized carbons (Fsp3) is 0.0909. The molecule has 0 aliphatic heterocycles. The van der Waals surface area contributed by atoms with Crippen LogP contribution in [0.2, 0.25) is 0 Å². The zero-order valence-corrected chi connectivity index (χ0v) is 8.95. The second-order valence-electron chi connectivity index (χ2n) is 3.42. The van der Waals surface area contributed by atoms with Gasteiger partial charge in [-0.15, -0.1) is 0 Å². The van der Waals surface area contributed by atoms with Gasteiger partial charge in [0.1, 0.15) is 17.4 Å². The molecule has 0 bridgehead atoms. The molecule has 1 aromatic carbocycles. The lowest BCUT2D eigenvalue weighted by Crippen LogP contribution is -1.99. The van der Waals surface area contributed by atoms with Crippen molar-refractivity contribution in [3.05, 3.63) is 41.6 Å². The number of aromatic nitrogens is 2. The predicted molar refractivity (Wildman–Crippen MR) is 57.6 cm³/mol. The van der Waals surface area contributed by atoms with E-state index in [9.17, 15) is 8.78 Å². The highest BCUT2D eigenvalue weighted by molar-refractivity contribution is 5.34. The average Bonchev–Trinajstić information content (AvgIpc) is 2.22. The maximum Gasteiger partial charge on any atom is 0.226 e. The number of nitrogens with zero attached hydrogens (tertiary/aromatic N) is 2. The van der Waals surface area contributed by atoms with Crippen molar-refractivity contribution in [1.29, 1.82) is 0 Å². The first kappa shape index (κ1) is 11.3. The number of hydrogen-bond donors (Lipinski definition) is 1. The molecular weight excluding hydrogens is 228 g/mol. The lowest BCUT2D eigenvalue weighted by atomic mass is 10.3. The van der Waals surface area contributed by atoms with Crippen LogP contribution in [0.3, 0.4) is 0 Å². The Morgan fingerprint density at radius 3 is 2.47 bits per heavy atom. The van der Waals surface area contributed by atoms with Gasteiger partial charge in [0.15, 0.2) is 0 Å². The minimum absolute atomic E-state index is 0.0173. The molecule has 4 nitrogen and oxygen atoms in total. The SMILES string of the molecule is Cc1cnc(N)nc1Oc1cc(F)cc(F)c1. The largest absolute Gasteiger partial charge is 0.438 e. The first-order valence-corrected chi connectivity index (χ1v) is 4.77. The fourth-order valence-electron chi connectivity index (χ4n) is 1.24. The summed E-state index contributed by atoms with van der Waals surface area (Å²) in [5.74, 6) is -1.23. The molecule has 2 rings (SSSR count). The van der Waals surface area contributed by atoms with Gasteiger partial charge < -0.3 is 10.5 Å². The summed E-state index contributed by atoms with van der Waals surface area (Å²) in [6, 6.07) is 2.87. The molecule has 17 heavy (non-hydrogen) atoms. The van der Waals surface area contributed by atoms with Crippen molar-refractivity contribution < 1.29 is 13.5 Å². The molecule has 0 saturated heterocycles. The minimum Gasteiger partial charge on any atom is -0.438 e. The maximum absolute atomic E-state index is 12.9. The van der Waals surface area contributed by atoms with E-state index in [2.05, 4.69) is 9.97 Å². The Hall–Kier alpha value is -2.24. The van der Waals surface area contributed by atoms with E-state index < -0.39 is 11.6 Å². The zero-order chi connectivity index (χ0) is 12.4. The maximum atomic E-state index is 12.9. The van der Waals surface area contributed by atoms with Crippen molar-refractivity contribution in [1.82, 2.24) is 9.97 Å². The first-order chi connectivity index (χ1) is 8.04. The van der Waals surface area contributed by atoms with Gasteiger partial charge in [0.2, 0.25) is 11.8 Å². The van der Waals surface area contributed by atoms with Crippen LogP contribution >= 0.6 is 0 Å². The van der Waals surface area contributed by atoms with Crippen LogP contribution in [0.15, 0.2) is 24.4 Å². The molecule has 88 valence electrons. The van der Waals surface area contributed by atoms with Crippen LogP contribution in [0.5, 0.6) is 11.6 Å². The highest BCUT2D eigenvalue weighted by atomic mass is 19.1. The van der Waals surface area contributed by atoms with Crippen molar-refractivity contribution in [2.45, 2.75) is 6.92 Å². The summed E-state index contributed by atoms with van der Waals surface area (Å²) in [5, 5.41) is 0. The Bertz CT molecular complexity index is 540. The van der Waals surface area contributed by atoms with Crippen molar-refractivity contribution >= 4 is 5.95 Å². The van der Waals surface area contributed by atoms with Gasteiger partial charge in [0.25, 0.3) is 0 Å². The smallest absolute Gasteiger partial charge is 0.226 e. The molecule has 0 amide bonds. The molecule has 0 aliphatic carbocycles. The second kappa shape index (κ2) is 4.32. The number of nitrogen functional groups attached to an aromatic ring is 1. The standard InChI is InChI=1S/C11H9F2N3O/c1-6-5-15-11(14)16-10(6)17-9-3-7(12)2-8(13)4-9/h2-5H,1H3,(H2,14,15,16). The quantitative estimate of drug-likeness (QED) is 0.871. The fourth-order valence-corrected chi connectivity index (χ4v) is 1.24. The van der Waals surface area contributed by atoms with Crippen molar-refractivity contribution in [3.63, 3.8) is 0 Å². The van der Waals surface area contributed by atoms with Crippen LogP contribution < -0.4 is 10.5 Å². The van der Waals surface area contributed by atoms with Gasteiger partial charge in [0, 0.05) is 30.0 Å². The molecule has 1 heterocycles. The van der Waals surface area contributed by atoms with Gasteiger partial charge in [-0.3, -0.25) is 0 Å². The Morgan fingerprint density at radius 2 is 1.82 bits per heavy atom. The van der Waals surface area contributed by atoms with Gasteiger partial charge in [0.05, 0.1) is 0 Å². The number of halogens is 2. The first-order valence-electron chi connectivity index (χ1n) is 4.77. The highest BCUT2D eigenvalue weighted by Crippen LogP contribution is 2.24. The van der Waals surface area contributed by atoms with Crippen molar-refractivity contribution in [3.8, 4) is 11.6 Å². The Balaban J connectivity index is 2.34. The topological polar surface area (TPSA) is 61.0 Å². The van der Waals surface area contributed by atoms with Crippen LogP contribution in [0.25, 0.3) is 0 Å². The summed E-state index contributed by atoms with van der Waals surface area (Å²) in [7, 11) is 0. The molecule has 0 unspecified atom stereocenters. The molecule has 0 fully saturated rings. The Kier molecular flexibility index (Phi) is 2.86. The van der Waals surface area contributed by atoms with E-state index in [1.54, 1.807) is 6.92 Å². The molecule has 0 aliphatic rings. The summed E-state index contributed by atoms with van der Waals surface area (Å²) in [5.41, 5.74) is 6.01. The van der Waals surface area contributed by atoms with Crippen LogP contribution in [-0.4, -0.2) is 9.97 Å². The van der Waals surface area contributed by atoms with Crippen molar-refractivity contribution in [2.24, 2.45) is 0 Å². The summed E-state index contributed by atoms with van der Waals surface area (Å²) < 4.78 is 31.1. The normalized spacial score (nSPS) is 10.3. The molecular formula is C11H9F2N3O. The van der Waals surface area contributed by atoms with Crippen LogP contribution in [0.4, 0.5) is 14.7 Å². The van der Waals surface area contributed by atoms with Gasteiger partial charge in [-0.2, -0.15) is 4.98 Å². The third kappa shape index (κ3) is 2.66. The molecule has 0 saturated carbocycles. The van der Waals surface area contributed by atoms with Crippen LogP contribution in [0.1, 0.15) is 5.56 Å².